The van der Waals surface area contributed by atoms with E-state index in [2.05, 4.69) is 59.1 Å². The molecule has 0 atom stereocenters. The van der Waals surface area contributed by atoms with E-state index in [9.17, 15) is 0 Å². The Balaban J connectivity index is 1.99. The molecule has 2 heteroatoms. The van der Waals surface area contributed by atoms with Crippen molar-refractivity contribution >= 4 is 10.9 Å². The molecule has 0 saturated carbocycles. The summed E-state index contributed by atoms with van der Waals surface area (Å²) >= 11 is 0. The smallest absolute Gasteiger partial charge is 0.229 e. The number of benzene rings is 1. The lowest BCUT2D eigenvalue weighted by Gasteiger charge is -2.11. The Morgan fingerprint density at radius 2 is 2.05 bits per heavy atom. The molecule has 0 spiro atoms. The lowest BCUT2D eigenvalue weighted by molar-refractivity contribution is -0.688. The fraction of sp³-hybridized carbons (Fsp3) is 0.235. The van der Waals surface area contributed by atoms with Gasteiger partial charge >= 0.3 is 0 Å². The number of aryl methyl sites for hydroxylation is 3. The van der Waals surface area contributed by atoms with E-state index in [0.29, 0.717) is 0 Å². The summed E-state index contributed by atoms with van der Waals surface area (Å²) < 4.78 is 2.39. The van der Waals surface area contributed by atoms with Crippen molar-refractivity contribution in [3.8, 4) is 11.4 Å². The normalized spacial score (nSPS) is 13.3. The van der Waals surface area contributed by atoms with Crippen LogP contribution in [0, 0.1) is 0 Å². The van der Waals surface area contributed by atoms with Crippen LogP contribution in [0.15, 0.2) is 42.6 Å². The first-order valence-electron chi connectivity index (χ1n) is 6.99. The number of fused-ring (bicyclic) bond motifs is 5. The lowest BCUT2D eigenvalue weighted by atomic mass is 10.0. The van der Waals surface area contributed by atoms with Crippen molar-refractivity contribution in [3.05, 3.63) is 53.7 Å². The van der Waals surface area contributed by atoms with Gasteiger partial charge in [-0.05, 0) is 24.1 Å². The molecule has 0 unspecified atom stereocenters. The molecule has 2 nitrogen and oxygen atoms in total. The minimum absolute atomic E-state index is 1.08. The zero-order valence-corrected chi connectivity index (χ0v) is 11.1. The van der Waals surface area contributed by atoms with Crippen molar-refractivity contribution < 1.29 is 4.57 Å². The third-order valence-corrected chi connectivity index (χ3v) is 4.17. The van der Waals surface area contributed by atoms with Crippen molar-refractivity contribution in [2.24, 2.45) is 0 Å². The number of rotatable bonds is 1. The van der Waals surface area contributed by atoms with Gasteiger partial charge in [0, 0.05) is 29.0 Å². The van der Waals surface area contributed by atoms with Gasteiger partial charge in [-0.1, -0.05) is 25.1 Å². The molecule has 0 radical (unpaired) electrons. The van der Waals surface area contributed by atoms with Gasteiger partial charge in [-0.25, -0.2) is 0 Å². The zero-order chi connectivity index (χ0) is 12.8. The van der Waals surface area contributed by atoms with Gasteiger partial charge in [0.1, 0.15) is 5.69 Å². The van der Waals surface area contributed by atoms with Gasteiger partial charge < -0.3 is 4.98 Å². The molecule has 0 fully saturated rings. The van der Waals surface area contributed by atoms with Gasteiger partial charge in [-0.15, -0.1) is 0 Å². The molecule has 0 amide bonds. The molecule has 0 saturated heterocycles. The Labute approximate surface area is 112 Å². The molecule has 1 aliphatic rings. The van der Waals surface area contributed by atoms with E-state index in [1.165, 1.54) is 33.4 Å². The summed E-state index contributed by atoms with van der Waals surface area (Å²) in [5.41, 5.74) is 6.74. The fourth-order valence-electron chi connectivity index (χ4n) is 3.13. The van der Waals surface area contributed by atoms with Crippen molar-refractivity contribution in [2.45, 2.75) is 26.3 Å². The summed E-state index contributed by atoms with van der Waals surface area (Å²) in [5, 5.41) is 1.38. The molecule has 0 bridgehead atoms. The molecule has 3 aromatic rings. The third kappa shape index (κ3) is 1.53. The lowest BCUT2D eigenvalue weighted by Crippen LogP contribution is -2.40. The van der Waals surface area contributed by atoms with Crippen LogP contribution in [0.25, 0.3) is 22.3 Å². The number of para-hydroxylation sites is 1. The van der Waals surface area contributed by atoms with Crippen LogP contribution in [0.1, 0.15) is 18.1 Å². The van der Waals surface area contributed by atoms with E-state index < -0.39 is 0 Å². The van der Waals surface area contributed by atoms with E-state index in [-0.39, 0.29) is 0 Å². The fourth-order valence-corrected chi connectivity index (χ4v) is 3.13. The second-order valence-corrected chi connectivity index (χ2v) is 5.24. The van der Waals surface area contributed by atoms with Crippen molar-refractivity contribution in [1.82, 2.24) is 4.98 Å². The van der Waals surface area contributed by atoms with Crippen LogP contribution in [0.4, 0.5) is 0 Å². The Hall–Kier alpha value is -2.09. The Bertz CT molecular complexity index is 768. The number of hydrogen-bond donors (Lipinski definition) is 1. The van der Waals surface area contributed by atoms with Gasteiger partial charge in [0.15, 0.2) is 12.7 Å². The van der Waals surface area contributed by atoms with Gasteiger partial charge in [-0.3, -0.25) is 0 Å². The van der Waals surface area contributed by atoms with Crippen LogP contribution in [0.2, 0.25) is 0 Å². The van der Waals surface area contributed by atoms with Crippen LogP contribution in [-0.4, -0.2) is 4.98 Å². The van der Waals surface area contributed by atoms with Gasteiger partial charge in [0.05, 0.1) is 0 Å². The van der Waals surface area contributed by atoms with Crippen molar-refractivity contribution in [2.75, 3.05) is 0 Å². The molecular formula is C17H17N2+. The van der Waals surface area contributed by atoms with Crippen LogP contribution < -0.4 is 4.57 Å². The van der Waals surface area contributed by atoms with E-state index in [4.69, 9.17) is 0 Å². The summed E-state index contributed by atoms with van der Waals surface area (Å²) in [6.45, 7) is 3.29. The molecule has 1 aliphatic heterocycles. The van der Waals surface area contributed by atoms with Crippen molar-refractivity contribution in [3.63, 3.8) is 0 Å². The first-order chi connectivity index (χ1) is 9.36. The average molecular weight is 249 g/mol. The Morgan fingerprint density at radius 3 is 2.95 bits per heavy atom. The topological polar surface area (TPSA) is 19.7 Å². The van der Waals surface area contributed by atoms with E-state index >= 15 is 0 Å². The second-order valence-electron chi connectivity index (χ2n) is 5.24. The van der Waals surface area contributed by atoms with E-state index in [0.717, 1.165) is 19.4 Å². The van der Waals surface area contributed by atoms with Gasteiger partial charge in [-0.2, -0.15) is 4.57 Å². The molecule has 19 heavy (non-hydrogen) atoms. The zero-order valence-electron chi connectivity index (χ0n) is 11.1. The monoisotopic (exact) mass is 249 g/mol. The minimum atomic E-state index is 1.08. The first-order valence-corrected chi connectivity index (χ1v) is 6.99. The van der Waals surface area contributed by atoms with Gasteiger partial charge in [0.2, 0.25) is 5.69 Å². The third-order valence-electron chi connectivity index (χ3n) is 4.17. The maximum Gasteiger partial charge on any atom is 0.229 e. The predicted molar refractivity (Wildman–Crippen MR) is 77.0 cm³/mol. The second kappa shape index (κ2) is 3.95. The average Bonchev–Trinajstić information content (AvgIpc) is 2.85. The highest BCUT2D eigenvalue weighted by molar-refractivity contribution is 5.90. The first kappa shape index (κ1) is 10.8. The SMILES string of the molecule is CCc1ccc2[n+](c1)CCc1c-2[nH]c2ccccc12. The summed E-state index contributed by atoms with van der Waals surface area (Å²) in [6, 6.07) is 13.1. The summed E-state index contributed by atoms with van der Waals surface area (Å²) in [5.74, 6) is 0. The van der Waals surface area contributed by atoms with Crippen molar-refractivity contribution in [1.29, 1.82) is 0 Å². The summed E-state index contributed by atoms with van der Waals surface area (Å²) in [6.07, 6.45) is 4.51. The molecule has 1 N–H and O–H groups in total. The molecule has 3 heterocycles. The Kier molecular flexibility index (Phi) is 2.25. The van der Waals surface area contributed by atoms with Crippen LogP contribution in [0.3, 0.4) is 0 Å². The number of aromatic amines is 1. The predicted octanol–water partition coefficient (Wildman–Crippen LogP) is 3.24. The number of nitrogens with one attached hydrogen (secondary N) is 1. The standard InChI is InChI=1S/C17H16N2/c1-2-12-7-8-16-17-14(9-10-19(16)11-12)13-5-3-4-6-15(13)18-17/h3-8,11H,2,9-10H2,1H3/p+1. The summed E-state index contributed by atoms with van der Waals surface area (Å²) in [4.78, 5) is 3.59. The molecule has 2 aromatic heterocycles. The highest BCUT2D eigenvalue weighted by Crippen LogP contribution is 2.31. The van der Waals surface area contributed by atoms with E-state index in [1.54, 1.807) is 0 Å². The van der Waals surface area contributed by atoms with Crippen LogP contribution in [0.5, 0.6) is 0 Å². The molecule has 94 valence electrons. The maximum absolute atomic E-state index is 3.59. The molecule has 4 rings (SSSR count). The van der Waals surface area contributed by atoms with Crippen LogP contribution >= 0.6 is 0 Å². The maximum atomic E-state index is 3.59. The quantitative estimate of drug-likeness (QED) is 0.639. The highest BCUT2D eigenvalue weighted by Gasteiger charge is 2.26. The number of H-pyrrole nitrogens is 1. The van der Waals surface area contributed by atoms with E-state index in [1.807, 2.05) is 0 Å². The minimum Gasteiger partial charge on any atom is -0.349 e. The Morgan fingerprint density at radius 1 is 1.16 bits per heavy atom. The summed E-state index contributed by atoms with van der Waals surface area (Å²) in [7, 11) is 0. The number of aromatic nitrogens is 2. The molecular weight excluding hydrogens is 232 g/mol. The highest BCUT2D eigenvalue weighted by atomic mass is 15.0. The number of hydrogen-bond acceptors (Lipinski definition) is 0. The number of pyridine rings is 1. The van der Waals surface area contributed by atoms with Crippen LogP contribution in [-0.2, 0) is 19.4 Å². The largest absolute Gasteiger partial charge is 0.349 e. The molecule has 0 aliphatic carbocycles. The number of nitrogens with zero attached hydrogens (tertiary/aromatic N) is 1. The molecule has 1 aromatic carbocycles. The van der Waals surface area contributed by atoms with Gasteiger partial charge in [0.25, 0.3) is 0 Å².